The van der Waals surface area contributed by atoms with Gasteiger partial charge in [0.05, 0.1) is 6.61 Å². The van der Waals surface area contributed by atoms with Crippen molar-refractivity contribution in [2.45, 2.75) is 33.5 Å². The highest BCUT2D eigenvalue weighted by atomic mass is 28.3. The van der Waals surface area contributed by atoms with Crippen LogP contribution in [-0.2, 0) is 4.74 Å². The highest BCUT2D eigenvalue weighted by molar-refractivity contribution is 6.84. The zero-order valence-electron chi connectivity index (χ0n) is 15.6. The quantitative estimate of drug-likeness (QED) is 0.269. The lowest BCUT2D eigenvalue weighted by Gasteiger charge is -2.03. The highest BCUT2D eigenvalue weighted by Gasteiger charge is 2.10. The molecular weight excluding hydrogens is 324 g/mol. The van der Waals surface area contributed by atoms with E-state index in [1.165, 1.54) is 5.57 Å². The van der Waals surface area contributed by atoms with E-state index in [0.29, 0.717) is 24.3 Å². The van der Waals surface area contributed by atoms with Gasteiger partial charge < -0.3 is 4.74 Å². The second kappa shape index (κ2) is 10.4. The van der Waals surface area contributed by atoms with E-state index < -0.39 is 8.07 Å². The molecule has 0 unspecified atom stereocenters. The van der Waals surface area contributed by atoms with Gasteiger partial charge in [-0.1, -0.05) is 55.3 Å². The van der Waals surface area contributed by atoms with Gasteiger partial charge in [0.2, 0.25) is 5.78 Å². The number of carbonyl (C=O) groups excluding carboxylic acids is 1. The summed E-state index contributed by atoms with van der Waals surface area (Å²) in [5.41, 5.74) is 5.49. The third-order valence-electron chi connectivity index (χ3n) is 2.85. The normalized spacial score (nSPS) is 9.48. The summed E-state index contributed by atoms with van der Waals surface area (Å²) in [7, 11) is -1.58. The first kappa shape index (κ1) is 20.5. The molecule has 0 saturated heterocycles. The molecule has 0 heterocycles. The lowest BCUT2D eigenvalue weighted by Crippen LogP contribution is -2.17. The van der Waals surface area contributed by atoms with Crippen LogP contribution in [0.1, 0.15) is 29.8 Å². The van der Waals surface area contributed by atoms with Gasteiger partial charge in [-0.2, -0.15) is 0 Å². The predicted octanol–water partition coefficient (Wildman–Crippen LogP) is 4.09. The number of rotatable bonds is 4. The first-order valence-corrected chi connectivity index (χ1v) is 11.7. The Kier molecular flexibility index (Phi) is 8.52. The summed E-state index contributed by atoms with van der Waals surface area (Å²) in [6, 6.07) is 7.23. The minimum absolute atomic E-state index is 0.189. The van der Waals surface area contributed by atoms with Crippen molar-refractivity contribution in [3.8, 4) is 35.1 Å². The van der Waals surface area contributed by atoms with Crippen molar-refractivity contribution in [1.82, 2.24) is 0 Å². The Morgan fingerprint density at radius 1 is 1.16 bits per heavy atom. The molecule has 3 heteroatoms. The molecule has 1 aromatic carbocycles. The number of ether oxygens (including phenoxy) is 1. The summed E-state index contributed by atoms with van der Waals surface area (Å²) in [6.07, 6.45) is 2.00. The van der Waals surface area contributed by atoms with Crippen LogP contribution in [0.25, 0.3) is 0 Å². The Bertz CT molecular complexity index is 818. The Morgan fingerprint density at radius 3 is 2.56 bits per heavy atom. The summed E-state index contributed by atoms with van der Waals surface area (Å²) in [5.74, 6) is 13.9. The van der Waals surface area contributed by atoms with Gasteiger partial charge in [0.25, 0.3) is 0 Å². The Balaban J connectivity index is 2.78. The van der Waals surface area contributed by atoms with Crippen molar-refractivity contribution in [2.75, 3.05) is 13.2 Å². The molecule has 1 aromatic rings. The molecule has 0 bridgehead atoms. The summed E-state index contributed by atoms with van der Waals surface area (Å²) in [4.78, 5) is 12.3. The van der Waals surface area contributed by atoms with Gasteiger partial charge in [-0.15, -0.1) is 5.54 Å². The van der Waals surface area contributed by atoms with Crippen LogP contribution in [0.5, 0.6) is 0 Å². The van der Waals surface area contributed by atoms with Gasteiger partial charge in [0.15, 0.2) is 0 Å². The molecule has 0 fully saturated rings. The lowest BCUT2D eigenvalue weighted by molar-refractivity contribution is 0.105. The van der Waals surface area contributed by atoms with E-state index in [1.807, 2.05) is 38.1 Å². The smallest absolute Gasteiger partial charge is 0.236 e. The maximum absolute atomic E-state index is 12.3. The third-order valence-corrected chi connectivity index (χ3v) is 3.73. The van der Waals surface area contributed by atoms with Gasteiger partial charge in [-0.3, -0.25) is 4.79 Å². The van der Waals surface area contributed by atoms with Gasteiger partial charge in [-0.05, 0) is 43.7 Å². The molecular formula is C22H24O2Si. The van der Waals surface area contributed by atoms with Crippen molar-refractivity contribution < 1.29 is 9.53 Å². The number of ketones is 1. The number of carbonyl (C=O) groups is 1. The second-order valence-corrected chi connectivity index (χ2v) is 11.5. The van der Waals surface area contributed by atoms with Crippen molar-refractivity contribution in [3.05, 3.63) is 47.0 Å². The second-order valence-electron chi connectivity index (χ2n) is 6.72. The molecule has 0 radical (unpaired) electrons. The number of hydrogen-bond donors (Lipinski definition) is 0. The molecule has 0 aliphatic heterocycles. The first-order chi connectivity index (χ1) is 11.8. The summed E-state index contributed by atoms with van der Waals surface area (Å²) in [5, 5.41) is 0. The summed E-state index contributed by atoms with van der Waals surface area (Å²) < 4.78 is 5.34. The molecule has 0 saturated carbocycles. The zero-order chi connectivity index (χ0) is 18.7. The van der Waals surface area contributed by atoms with Crippen LogP contribution in [0, 0.1) is 35.1 Å². The fraction of sp³-hybridized carbons (Fsp3) is 0.318. The SMILES string of the molecule is CC(C)=CCOCC#CC#Cc1ccccc1C(=O)C#C[Si](C)(C)C. The van der Waals surface area contributed by atoms with Crippen LogP contribution in [0.3, 0.4) is 0 Å². The number of benzene rings is 1. The van der Waals surface area contributed by atoms with Crippen LogP contribution in [0.2, 0.25) is 19.6 Å². The van der Waals surface area contributed by atoms with Crippen LogP contribution >= 0.6 is 0 Å². The van der Waals surface area contributed by atoms with Crippen molar-refractivity contribution in [3.63, 3.8) is 0 Å². The maximum atomic E-state index is 12.3. The Labute approximate surface area is 152 Å². The fourth-order valence-electron chi connectivity index (χ4n) is 1.62. The Morgan fingerprint density at radius 2 is 1.88 bits per heavy atom. The average Bonchev–Trinajstić information content (AvgIpc) is 2.54. The minimum atomic E-state index is -1.58. The summed E-state index contributed by atoms with van der Waals surface area (Å²) >= 11 is 0. The number of allylic oxidation sites excluding steroid dienone is 1. The maximum Gasteiger partial charge on any atom is 0.236 e. The van der Waals surface area contributed by atoms with Crippen molar-refractivity contribution in [2.24, 2.45) is 0 Å². The number of Topliss-reactive ketones (excluding diaryl/α,β-unsaturated/α-hetero) is 1. The van der Waals surface area contributed by atoms with Crippen LogP contribution in [-0.4, -0.2) is 27.1 Å². The monoisotopic (exact) mass is 348 g/mol. The minimum Gasteiger partial charge on any atom is -0.365 e. The van der Waals surface area contributed by atoms with Crippen molar-refractivity contribution in [1.29, 1.82) is 0 Å². The molecule has 128 valence electrons. The number of hydrogen-bond acceptors (Lipinski definition) is 2. The van der Waals surface area contributed by atoms with E-state index in [9.17, 15) is 4.79 Å². The van der Waals surface area contributed by atoms with E-state index in [4.69, 9.17) is 4.74 Å². The molecule has 2 nitrogen and oxygen atoms in total. The van der Waals surface area contributed by atoms with Gasteiger partial charge in [-0.25, -0.2) is 0 Å². The zero-order valence-corrected chi connectivity index (χ0v) is 16.6. The molecule has 0 aliphatic carbocycles. The van der Waals surface area contributed by atoms with Crippen molar-refractivity contribution >= 4 is 13.9 Å². The van der Waals surface area contributed by atoms with Crippen LogP contribution < -0.4 is 0 Å². The van der Waals surface area contributed by atoms with E-state index >= 15 is 0 Å². The fourth-order valence-corrected chi connectivity index (χ4v) is 2.10. The lowest BCUT2D eigenvalue weighted by atomic mass is 10.0. The topological polar surface area (TPSA) is 26.3 Å². The molecule has 0 aliphatic rings. The van der Waals surface area contributed by atoms with Gasteiger partial charge in [0.1, 0.15) is 14.7 Å². The highest BCUT2D eigenvalue weighted by Crippen LogP contribution is 2.08. The molecule has 0 spiro atoms. The van der Waals surface area contributed by atoms with Gasteiger partial charge >= 0.3 is 0 Å². The average molecular weight is 349 g/mol. The third kappa shape index (κ3) is 9.38. The Hall–Kier alpha value is -2.51. The van der Waals surface area contributed by atoms with E-state index in [0.717, 1.165) is 0 Å². The van der Waals surface area contributed by atoms with E-state index in [2.05, 4.69) is 54.8 Å². The molecule has 0 aromatic heterocycles. The molecule has 0 amide bonds. The molecule has 25 heavy (non-hydrogen) atoms. The standard InChI is InChI=1S/C22H24O2Si/c1-19(2)14-17-24-16-10-6-7-11-20-12-8-9-13-21(20)22(23)15-18-25(3,4)5/h8-9,12-14H,16-17H2,1-5H3. The largest absolute Gasteiger partial charge is 0.365 e. The summed E-state index contributed by atoms with van der Waals surface area (Å²) in [6.45, 7) is 11.2. The predicted molar refractivity (Wildman–Crippen MR) is 107 cm³/mol. The van der Waals surface area contributed by atoms with Gasteiger partial charge in [0, 0.05) is 11.1 Å². The van der Waals surface area contributed by atoms with Crippen LogP contribution in [0.15, 0.2) is 35.9 Å². The molecule has 0 N–H and O–H groups in total. The molecule has 1 rings (SSSR count). The van der Waals surface area contributed by atoms with Crippen LogP contribution in [0.4, 0.5) is 0 Å². The van der Waals surface area contributed by atoms with E-state index in [1.54, 1.807) is 6.07 Å². The van der Waals surface area contributed by atoms with E-state index in [-0.39, 0.29) is 5.78 Å². The molecule has 0 atom stereocenters. The first-order valence-electron chi connectivity index (χ1n) is 8.16.